The summed E-state index contributed by atoms with van der Waals surface area (Å²) >= 11 is 4.36. The Morgan fingerprint density at radius 1 is 1.25 bits per heavy atom. The monoisotopic (exact) mass is 305 g/mol. The number of thiazole rings is 1. The standard InChI is InChI=1S/C10H6BrF2NOS/c11-10-9(16-4-14-10)8(15)5-1-6(12)3-7(13)2-5/h1-4,8,15H. The summed E-state index contributed by atoms with van der Waals surface area (Å²) < 4.78 is 26.4. The summed E-state index contributed by atoms with van der Waals surface area (Å²) in [6.07, 6.45) is -1.08. The molecular formula is C10H6BrF2NOS. The number of benzene rings is 1. The minimum Gasteiger partial charge on any atom is -0.383 e. The molecule has 1 atom stereocenters. The Balaban J connectivity index is 2.41. The zero-order valence-electron chi connectivity index (χ0n) is 7.82. The molecule has 1 heterocycles. The Bertz CT molecular complexity index is 497. The minimum atomic E-state index is -1.08. The van der Waals surface area contributed by atoms with Crippen molar-refractivity contribution in [3.63, 3.8) is 0 Å². The van der Waals surface area contributed by atoms with Gasteiger partial charge in [0.25, 0.3) is 0 Å². The second kappa shape index (κ2) is 4.57. The number of rotatable bonds is 2. The largest absolute Gasteiger partial charge is 0.383 e. The molecule has 0 aliphatic rings. The number of hydrogen-bond donors (Lipinski definition) is 1. The lowest BCUT2D eigenvalue weighted by Gasteiger charge is -2.09. The quantitative estimate of drug-likeness (QED) is 0.924. The van der Waals surface area contributed by atoms with Crippen LogP contribution in [0.15, 0.2) is 28.3 Å². The van der Waals surface area contributed by atoms with Crippen LogP contribution in [0.5, 0.6) is 0 Å². The molecule has 1 aromatic heterocycles. The van der Waals surface area contributed by atoms with Crippen molar-refractivity contribution in [3.8, 4) is 0 Å². The maximum absolute atomic E-state index is 13.0. The molecule has 0 saturated carbocycles. The van der Waals surface area contributed by atoms with Gasteiger partial charge in [-0.05, 0) is 33.6 Å². The van der Waals surface area contributed by atoms with Crippen molar-refractivity contribution in [2.75, 3.05) is 0 Å². The van der Waals surface area contributed by atoms with Crippen molar-refractivity contribution in [2.24, 2.45) is 0 Å². The minimum absolute atomic E-state index is 0.169. The molecule has 6 heteroatoms. The van der Waals surface area contributed by atoms with E-state index in [1.54, 1.807) is 0 Å². The van der Waals surface area contributed by atoms with Crippen LogP contribution in [-0.2, 0) is 0 Å². The lowest BCUT2D eigenvalue weighted by atomic mass is 10.1. The van der Waals surface area contributed by atoms with Gasteiger partial charge in [0.2, 0.25) is 0 Å². The molecule has 0 aliphatic heterocycles. The molecule has 1 unspecified atom stereocenters. The molecule has 2 nitrogen and oxygen atoms in total. The van der Waals surface area contributed by atoms with Gasteiger partial charge in [-0.25, -0.2) is 13.8 Å². The van der Waals surface area contributed by atoms with Crippen LogP contribution in [0, 0.1) is 11.6 Å². The smallest absolute Gasteiger partial charge is 0.126 e. The van der Waals surface area contributed by atoms with Gasteiger partial charge >= 0.3 is 0 Å². The van der Waals surface area contributed by atoms with Crippen molar-refractivity contribution >= 4 is 27.3 Å². The summed E-state index contributed by atoms with van der Waals surface area (Å²) in [5.74, 6) is -1.43. The van der Waals surface area contributed by atoms with E-state index < -0.39 is 17.7 Å². The first-order valence-corrected chi connectivity index (χ1v) is 5.98. The van der Waals surface area contributed by atoms with Crippen LogP contribution in [-0.4, -0.2) is 10.1 Å². The molecular weight excluding hydrogens is 300 g/mol. The zero-order chi connectivity index (χ0) is 11.7. The third-order valence-corrected chi connectivity index (χ3v) is 3.77. The predicted octanol–water partition coefficient (Wildman–Crippen LogP) is 3.27. The van der Waals surface area contributed by atoms with E-state index in [9.17, 15) is 13.9 Å². The van der Waals surface area contributed by atoms with Crippen LogP contribution < -0.4 is 0 Å². The highest BCUT2D eigenvalue weighted by atomic mass is 79.9. The average Bonchev–Trinajstić information content (AvgIpc) is 2.62. The van der Waals surface area contributed by atoms with Crippen molar-refractivity contribution < 1.29 is 13.9 Å². The van der Waals surface area contributed by atoms with E-state index in [0.717, 1.165) is 18.2 Å². The normalized spacial score (nSPS) is 12.8. The number of aromatic nitrogens is 1. The molecule has 0 saturated heterocycles. The van der Waals surface area contributed by atoms with Crippen molar-refractivity contribution in [2.45, 2.75) is 6.10 Å². The van der Waals surface area contributed by atoms with E-state index in [-0.39, 0.29) is 5.56 Å². The van der Waals surface area contributed by atoms with Gasteiger partial charge in [-0.2, -0.15) is 0 Å². The molecule has 2 rings (SSSR count). The fraction of sp³-hybridized carbons (Fsp3) is 0.100. The highest BCUT2D eigenvalue weighted by Gasteiger charge is 2.17. The molecule has 0 amide bonds. The topological polar surface area (TPSA) is 33.1 Å². The Hall–Kier alpha value is -0.850. The molecule has 1 aromatic carbocycles. The maximum Gasteiger partial charge on any atom is 0.126 e. The number of aliphatic hydroxyl groups is 1. The van der Waals surface area contributed by atoms with Gasteiger partial charge in [0.1, 0.15) is 22.3 Å². The Labute approximate surface area is 103 Å². The van der Waals surface area contributed by atoms with Crippen LogP contribution in [0.2, 0.25) is 0 Å². The van der Waals surface area contributed by atoms with E-state index in [2.05, 4.69) is 20.9 Å². The second-order valence-corrected chi connectivity index (χ2v) is 4.75. The molecule has 0 bridgehead atoms. The van der Waals surface area contributed by atoms with Gasteiger partial charge in [-0.3, -0.25) is 0 Å². The molecule has 0 radical (unpaired) electrons. The van der Waals surface area contributed by atoms with Gasteiger partial charge < -0.3 is 5.11 Å². The van der Waals surface area contributed by atoms with Gasteiger partial charge in [0.15, 0.2) is 0 Å². The summed E-state index contributed by atoms with van der Waals surface area (Å²) in [5.41, 5.74) is 1.71. The average molecular weight is 306 g/mol. The lowest BCUT2D eigenvalue weighted by Crippen LogP contribution is -1.99. The fourth-order valence-electron chi connectivity index (χ4n) is 1.30. The van der Waals surface area contributed by atoms with Gasteiger partial charge in [-0.15, -0.1) is 11.3 Å². The molecule has 2 aromatic rings. The highest BCUT2D eigenvalue weighted by molar-refractivity contribution is 9.10. The van der Waals surface area contributed by atoms with E-state index in [4.69, 9.17) is 0 Å². The lowest BCUT2D eigenvalue weighted by molar-refractivity contribution is 0.222. The summed E-state index contributed by atoms with van der Waals surface area (Å²) in [6, 6.07) is 2.96. The first-order chi connectivity index (χ1) is 7.58. The van der Waals surface area contributed by atoms with Crippen LogP contribution in [0.25, 0.3) is 0 Å². The van der Waals surface area contributed by atoms with Crippen molar-refractivity contribution in [3.05, 3.63) is 50.4 Å². The fourth-order valence-corrected chi connectivity index (χ4v) is 2.73. The van der Waals surface area contributed by atoms with Gasteiger partial charge in [0.05, 0.1) is 10.4 Å². The van der Waals surface area contributed by atoms with E-state index in [1.807, 2.05) is 0 Å². The predicted molar refractivity (Wildman–Crippen MR) is 60.2 cm³/mol. The molecule has 1 N–H and O–H groups in total. The summed E-state index contributed by atoms with van der Waals surface area (Å²) in [4.78, 5) is 4.41. The summed E-state index contributed by atoms with van der Waals surface area (Å²) in [6.45, 7) is 0. The number of hydrogen-bond acceptors (Lipinski definition) is 3. The van der Waals surface area contributed by atoms with E-state index in [0.29, 0.717) is 9.48 Å². The number of aliphatic hydroxyl groups excluding tert-OH is 1. The van der Waals surface area contributed by atoms with Gasteiger partial charge in [0, 0.05) is 6.07 Å². The number of halogens is 3. The van der Waals surface area contributed by atoms with E-state index in [1.165, 1.54) is 16.8 Å². The van der Waals surface area contributed by atoms with Crippen molar-refractivity contribution in [1.82, 2.24) is 4.98 Å². The molecule has 16 heavy (non-hydrogen) atoms. The summed E-state index contributed by atoms with van der Waals surface area (Å²) in [5, 5.41) is 9.92. The Morgan fingerprint density at radius 2 is 1.88 bits per heavy atom. The van der Waals surface area contributed by atoms with Crippen LogP contribution >= 0.6 is 27.3 Å². The highest BCUT2D eigenvalue weighted by Crippen LogP contribution is 2.31. The summed E-state index contributed by atoms with van der Waals surface area (Å²) in [7, 11) is 0. The van der Waals surface area contributed by atoms with E-state index >= 15 is 0 Å². The van der Waals surface area contributed by atoms with Crippen LogP contribution in [0.1, 0.15) is 16.5 Å². The Kier molecular flexibility index (Phi) is 3.32. The number of nitrogens with zero attached hydrogens (tertiary/aromatic N) is 1. The molecule has 0 spiro atoms. The van der Waals surface area contributed by atoms with Gasteiger partial charge in [-0.1, -0.05) is 0 Å². The molecule has 0 fully saturated rings. The maximum atomic E-state index is 13.0. The SMILES string of the molecule is OC(c1cc(F)cc(F)c1)c1scnc1Br. The van der Waals surface area contributed by atoms with Crippen LogP contribution in [0.4, 0.5) is 8.78 Å². The third-order valence-electron chi connectivity index (χ3n) is 2.00. The molecule has 0 aliphatic carbocycles. The molecule has 84 valence electrons. The Morgan fingerprint density at radius 3 is 2.38 bits per heavy atom. The second-order valence-electron chi connectivity index (χ2n) is 3.11. The first-order valence-electron chi connectivity index (χ1n) is 4.31. The third kappa shape index (κ3) is 2.28. The van der Waals surface area contributed by atoms with Crippen LogP contribution in [0.3, 0.4) is 0 Å². The first kappa shape index (κ1) is 11.6. The zero-order valence-corrected chi connectivity index (χ0v) is 10.2. The van der Waals surface area contributed by atoms with Crippen molar-refractivity contribution in [1.29, 1.82) is 0 Å².